The number of aliphatic hydroxyl groups excluding tert-OH is 1. The van der Waals surface area contributed by atoms with Crippen LogP contribution in [0.5, 0.6) is 0 Å². The molecule has 0 bridgehead atoms. The lowest BCUT2D eigenvalue weighted by Gasteiger charge is -2.14. The summed E-state index contributed by atoms with van der Waals surface area (Å²) >= 11 is 1.68. The standard InChI is InChI=1S/C15H16N2OS/c18-13-7-3-6-12-14(13)19-15(16-12)17-8-10-4-1-2-5-11(10)9-17/h1-2,4-5,13,18H,3,6-9H2. The molecule has 0 amide bonds. The molecular weight excluding hydrogens is 256 g/mol. The molecule has 1 aliphatic heterocycles. The molecule has 2 aromatic rings. The lowest BCUT2D eigenvalue weighted by Crippen LogP contribution is -2.14. The first-order chi connectivity index (χ1) is 9.31. The molecule has 2 heterocycles. The van der Waals surface area contributed by atoms with Gasteiger partial charge >= 0.3 is 0 Å². The number of aryl methyl sites for hydroxylation is 1. The molecule has 4 rings (SSSR count). The van der Waals surface area contributed by atoms with Gasteiger partial charge in [0.1, 0.15) is 0 Å². The summed E-state index contributed by atoms with van der Waals surface area (Å²) in [6, 6.07) is 8.58. The third-order valence-corrected chi connectivity index (χ3v) is 5.28. The van der Waals surface area contributed by atoms with Gasteiger partial charge in [0.15, 0.2) is 5.13 Å². The molecule has 0 fully saturated rings. The third kappa shape index (κ3) is 1.86. The quantitative estimate of drug-likeness (QED) is 0.867. The van der Waals surface area contributed by atoms with Gasteiger partial charge in [-0.05, 0) is 30.4 Å². The molecule has 4 heteroatoms. The van der Waals surface area contributed by atoms with Crippen LogP contribution in [0.25, 0.3) is 0 Å². The molecule has 1 unspecified atom stereocenters. The summed E-state index contributed by atoms with van der Waals surface area (Å²) in [5.74, 6) is 0. The maximum atomic E-state index is 10.0. The van der Waals surface area contributed by atoms with E-state index < -0.39 is 0 Å². The normalized spacial score (nSPS) is 21.3. The molecule has 1 aromatic carbocycles. The van der Waals surface area contributed by atoms with E-state index in [1.165, 1.54) is 11.1 Å². The van der Waals surface area contributed by atoms with E-state index in [4.69, 9.17) is 4.98 Å². The van der Waals surface area contributed by atoms with Gasteiger partial charge in [0.25, 0.3) is 0 Å². The number of aliphatic hydroxyl groups is 1. The Hall–Kier alpha value is -1.39. The number of nitrogens with zero attached hydrogens (tertiary/aromatic N) is 2. The zero-order valence-corrected chi connectivity index (χ0v) is 11.5. The number of hydrogen-bond donors (Lipinski definition) is 1. The molecule has 98 valence electrons. The Morgan fingerprint density at radius 3 is 2.63 bits per heavy atom. The number of rotatable bonds is 1. The van der Waals surface area contributed by atoms with Gasteiger partial charge in [0.2, 0.25) is 0 Å². The van der Waals surface area contributed by atoms with Gasteiger partial charge in [0.05, 0.1) is 16.7 Å². The second-order valence-corrected chi connectivity index (χ2v) is 6.35. The summed E-state index contributed by atoms with van der Waals surface area (Å²) < 4.78 is 0. The Bertz CT molecular complexity index is 597. The number of hydrogen-bond acceptors (Lipinski definition) is 4. The van der Waals surface area contributed by atoms with Crippen molar-refractivity contribution in [2.75, 3.05) is 4.90 Å². The van der Waals surface area contributed by atoms with Crippen LogP contribution in [-0.2, 0) is 19.5 Å². The van der Waals surface area contributed by atoms with Crippen molar-refractivity contribution in [1.29, 1.82) is 0 Å². The summed E-state index contributed by atoms with van der Waals surface area (Å²) in [6.45, 7) is 1.89. The maximum Gasteiger partial charge on any atom is 0.186 e. The highest BCUT2D eigenvalue weighted by molar-refractivity contribution is 7.15. The molecule has 0 saturated carbocycles. The lowest BCUT2D eigenvalue weighted by molar-refractivity contribution is 0.160. The van der Waals surface area contributed by atoms with Crippen LogP contribution >= 0.6 is 11.3 Å². The molecule has 19 heavy (non-hydrogen) atoms. The van der Waals surface area contributed by atoms with Crippen LogP contribution in [0, 0.1) is 0 Å². The molecule has 1 N–H and O–H groups in total. The van der Waals surface area contributed by atoms with Crippen molar-refractivity contribution in [2.24, 2.45) is 0 Å². The second-order valence-electron chi connectivity index (χ2n) is 5.34. The predicted molar refractivity (Wildman–Crippen MR) is 76.3 cm³/mol. The minimum absolute atomic E-state index is 0.292. The van der Waals surface area contributed by atoms with Crippen LogP contribution < -0.4 is 4.90 Å². The Kier molecular flexibility index (Phi) is 2.60. The summed E-state index contributed by atoms with van der Waals surface area (Å²) in [7, 11) is 0. The highest BCUT2D eigenvalue weighted by Gasteiger charge is 2.27. The molecule has 1 aliphatic carbocycles. The molecule has 1 atom stereocenters. The van der Waals surface area contributed by atoms with E-state index >= 15 is 0 Å². The Balaban J connectivity index is 1.65. The van der Waals surface area contributed by atoms with Gasteiger partial charge in [-0.25, -0.2) is 4.98 Å². The number of fused-ring (bicyclic) bond motifs is 2. The molecule has 0 spiro atoms. The fourth-order valence-electron chi connectivity index (χ4n) is 2.99. The first-order valence-electron chi connectivity index (χ1n) is 6.80. The van der Waals surface area contributed by atoms with Crippen LogP contribution in [0.4, 0.5) is 5.13 Å². The predicted octanol–water partition coefficient (Wildman–Crippen LogP) is 3.03. The SMILES string of the molecule is OC1CCCc2nc(N3Cc4ccccc4C3)sc21. The van der Waals surface area contributed by atoms with Gasteiger partial charge in [-0.15, -0.1) is 0 Å². The summed E-state index contributed by atoms with van der Waals surface area (Å²) in [5.41, 5.74) is 3.92. The van der Waals surface area contributed by atoms with Gasteiger partial charge in [0, 0.05) is 13.1 Å². The maximum absolute atomic E-state index is 10.0. The fraction of sp³-hybridized carbons (Fsp3) is 0.400. The van der Waals surface area contributed by atoms with Crippen LogP contribution in [0.3, 0.4) is 0 Å². The van der Waals surface area contributed by atoms with Crippen LogP contribution in [0.1, 0.15) is 40.6 Å². The van der Waals surface area contributed by atoms with Gasteiger partial charge < -0.3 is 10.0 Å². The minimum Gasteiger partial charge on any atom is -0.388 e. The third-order valence-electron chi connectivity index (χ3n) is 4.02. The highest BCUT2D eigenvalue weighted by Crippen LogP contribution is 2.39. The topological polar surface area (TPSA) is 36.4 Å². The van der Waals surface area contributed by atoms with Gasteiger partial charge in [-0.2, -0.15) is 0 Å². The largest absolute Gasteiger partial charge is 0.388 e. The van der Waals surface area contributed by atoms with Crippen LogP contribution in [-0.4, -0.2) is 10.1 Å². The van der Waals surface area contributed by atoms with Crippen molar-refractivity contribution in [3.05, 3.63) is 46.0 Å². The van der Waals surface area contributed by atoms with Gasteiger partial charge in [-0.3, -0.25) is 0 Å². The number of benzene rings is 1. The number of anilines is 1. The highest BCUT2D eigenvalue weighted by atomic mass is 32.1. The first-order valence-corrected chi connectivity index (χ1v) is 7.62. The van der Waals surface area contributed by atoms with E-state index in [9.17, 15) is 5.11 Å². The number of aromatic nitrogens is 1. The van der Waals surface area contributed by atoms with Crippen molar-refractivity contribution < 1.29 is 5.11 Å². The summed E-state index contributed by atoms with van der Waals surface area (Å²) in [4.78, 5) is 8.17. The van der Waals surface area contributed by atoms with Crippen molar-refractivity contribution in [3.8, 4) is 0 Å². The zero-order chi connectivity index (χ0) is 12.8. The molecular formula is C15H16N2OS. The Labute approximate surface area is 116 Å². The Morgan fingerprint density at radius 1 is 1.21 bits per heavy atom. The van der Waals surface area contributed by atoms with E-state index in [1.54, 1.807) is 11.3 Å². The van der Waals surface area contributed by atoms with Crippen molar-refractivity contribution in [1.82, 2.24) is 4.98 Å². The van der Waals surface area contributed by atoms with Crippen molar-refractivity contribution >= 4 is 16.5 Å². The lowest BCUT2D eigenvalue weighted by atomic mass is 10.0. The molecule has 0 saturated heterocycles. The van der Waals surface area contributed by atoms with E-state index in [0.717, 1.165) is 48.1 Å². The molecule has 3 nitrogen and oxygen atoms in total. The smallest absolute Gasteiger partial charge is 0.186 e. The van der Waals surface area contributed by atoms with E-state index in [-0.39, 0.29) is 6.10 Å². The first kappa shape index (κ1) is 11.4. The second kappa shape index (κ2) is 4.32. The van der Waals surface area contributed by atoms with E-state index in [1.807, 2.05) is 0 Å². The summed E-state index contributed by atoms with van der Waals surface area (Å²) in [5, 5.41) is 11.1. The fourth-order valence-corrected chi connectivity index (χ4v) is 4.12. The van der Waals surface area contributed by atoms with Gasteiger partial charge in [-0.1, -0.05) is 35.6 Å². The summed E-state index contributed by atoms with van der Waals surface area (Å²) in [6.07, 6.45) is 2.66. The molecule has 1 aromatic heterocycles. The Morgan fingerprint density at radius 2 is 1.95 bits per heavy atom. The van der Waals surface area contributed by atoms with Crippen LogP contribution in [0.15, 0.2) is 24.3 Å². The molecule has 2 aliphatic rings. The number of thiazole rings is 1. The van der Waals surface area contributed by atoms with Crippen molar-refractivity contribution in [2.45, 2.75) is 38.5 Å². The zero-order valence-electron chi connectivity index (χ0n) is 10.7. The van der Waals surface area contributed by atoms with E-state index in [2.05, 4.69) is 29.2 Å². The average molecular weight is 272 g/mol. The molecule has 0 radical (unpaired) electrons. The average Bonchev–Trinajstić information content (AvgIpc) is 3.02. The monoisotopic (exact) mass is 272 g/mol. The van der Waals surface area contributed by atoms with E-state index in [0.29, 0.717) is 0 Å². The van der Waals surface area contributed by atoms with Crippen molar-refractivity contribution in [3.63, 3.8) is 0 Å². The van der Waals surface area contributed by atoms with Crippen LogP contribution in [0.2, 0.25) is 0 Å². The minimum atomic E-state index is -0.292.